The highest BCUT2D eigenvalue weighted by Gasteiger charge is 2.37. The molecule has 2 rings (SSSR count). The van der Waals surface area contributed by atoms with Crippen LogP contribution in [0.5, 0.6) is 0 Å². The van der Waals surface area contributed by atoms with E-state index in [1.165, 1.54) is 6.20 Å². The van der Waals surface area contributed by atoms with Crippen molar-refractivity contribution >= 4 is 11.6 Å². The predicted molar refractivity (Wildman–Crippen MR) is 77.7 cm³/mol. The third-order valence-electron chi connectivity index (χ3n) is 3.07. The molecule has 0 aliphatic heterocycles. The number of hydrogen-bond acceptors (Lipinski definition) is 3. The van der Waals surface area contributed by atoms with E-state index < -0.39 is 17.8 Å². The first kappa shape index (κ1) is 17.0. The molecule has 0 fully saturated rings. The fourth-order valence-electron chi connectivity index (χ4n) is 2.10. The summed E-state index contributed by atoms with van der Waals surface area (Å²) < 4.78 is 39.8. The van der Waals surface area contributed by atoms with Crippen LogP contribution in [-0.2, 0) is 23.9 Å². The van der Waals surface area contributed by atoms with Gasteiger partial charge in [0.15, 0.2) is 5.69 Å². The van der Waals surface area contributed by atoms with Gasteiger partial charge in [0.1, 0.15) is 6.54 Å². The van der Waals surface area contributed by atoms with E-state index in [9.17, 15) is 18.0 Å². The minimum Gasteiger partial charge on any atom is -0.396 e. The minimum atomic E-state index is -4.59. The molecule has 0 radical (unpaired) electrons. The van der Waals surface area contributed by atoms with Gasteiger partial charge in [0.25, 0.3) is 0 Å². The molecule has 23 heavy (non-hydrogen) atoms. The number of para-hydroxylation sites is 1. The van der Waals surface area contributed by atoms with Crippen molar-refractivity contribution in [1.29, 1.82) is 0 Å². The molecule has 0 saturated heterocycles. The van der Waals surface area contributed by atoms with E-state index in [4.69, 9.17) is 5.11 Å². The molecule has 1 amide bonds. The average molecular weight is 327 g/mol. The summed E-state index contributed by atoms with van der Waals surface area (Å²) in [5, 5.41) is 14.8. The van der Waals surface area contributed by atoms with Crippen molar-refractivity contribution in [3.8, 4) is 0 Å². The van der Waals surface area contributed by atoms with Gasteiger partial charge in [-0.15, -0.1) is 0 Å². The Labute approximate surface area is 130 Å². The molecule has 0 unspecified atom stereocenters. The topological polar surface area (TPSA) is 67.2 Å². The Hall–Kier alpha value is -2.35. The number of carbonyl (C=O) groups excluding carboxylic acids is 1. The van der Waals surface area contributed by atoms with E-state index in [-0.39, 0.29) is 31.6 Å². The van der Waals surface area contributed by atoms with Gasteiger partial charge in [-0.05, 0) is 25.0 Å². The monoisotopic (exact) mass is 327 g/mol. The SMILES string of the molecule is O=C(Cn1cc(CCCO)c(C(F)(F)F)n1)Nc1ccccc1. The quantitative estimate of drug-likeness (QED) is 0.856. The van der Waals surface area contributed by atoms with E-state index in [2.05, 4.69) is 10.4 Å². The molecule has 5 nitrogen and oxygen atoms in total. The summed E-state index contributed by atoms with van der Waals surface area (Å²) in [4.78, 5) is 11.9. The predicted octanol–water partition coefficient (Wildman–Crippen LogP) is 2.47. The summed E-state index contributed by atoms with van der Waals surface area (Å²) in [6.45, 7) is -0.534. The van der Waals surface area contributed by atoms with Crippen molar-refractivity contribution in [3.05, 3.63) is 47.8 Å². The van der Waals surface area contributed by atoms with Gasteiger partial charge in [-0.1, -0.05) is 18.2 Å². The summed E-state index contributed by atoms with van der Waals surface area (Å²) in [6, 6.07) is 8.60. The van der Waals surface area contributed by atoms with Gasteiger partial charge < -0.3 is 10.4 Å². The fourth-order valence-corrected chi connectivity index (χ4v) is 2.10. The van der Waals surface area contributed by atoms with Gasteiger partial charge in [0.05, 0.1) is 0 Å². The van der Waals surface area contributed by atoms with Crippen molar-refractivity contribution in [1.82, 2.24) is 9.78 Å². The first-order chi connectivity index (χ1) is 10.9. The third kappa shape index (κ3) is 4.82. The number of benzene rings is 1. The number of halogens is 3. The Morgan fingerprint density at radius 2 is 1.96 bits per heavy atom. The van der Waals surface area contributed by atoms with E-state index in [0.29, 0.717) is 5.69 Å². The number of nitrogens with zero attached hydrogens (tertiary/aromatic N) is 2. The number of amides is 1. The van der Waals surface area contributed by atoms with Crippen molar-refractivity contribution in [3.63, 3.8) is 0 Å². The molecule has 2 N–H and O–H groups in total. The molecule has 1 heterocycles. The molecule has 1 aromatic heterocycles. The first-order valence-electron chi connectivity index (χ1n) is 6.99. The molecule has 0 aliphatic rings. The molecule has 2 aromatic rings. The van der Waals surface area contributed by atoms with Crippen molar-refractivity contribution in [2.75, 3.05) is 11.9 Å². The number of aliphatic hydroxyl groups excluding tert-OH is 1. The zero-order chi connectivity index (χ0) is 16.9. The Morgan fingerprint density at radius 3 is 2.57 bits per heavy atom. The summed E-state index contributed by atoms with van der Waals surface area (Å²) in [6.07, 6.45) is -3.15. The highest BCUT2D eigenvalue weighted by atomic mass is 19.4. The van der Waals surface area contributed by atoms with Crippen LogP contribution < -0.4 is 5.32 Å². The van der Waals surface area contributed by atoms with Gasteiger partial charge >= 0.3 is 6.18 Å². The zero-order valence-corrected chi connectivity index (χ0v) is 12.2. The van der Waals surface area contributed by atoms with Crippen molar-refractivity contribution in [2.24, 2.45) is 0 Å². The van der Waals surface area contributed by atoms with Crippen LogP contribution in [0.25, 0.3) is 0 Å². The molecule has 0 saturated carbocycles. The van der Waals surface area contributed by atoms with Gasteiger partial charge in [0.2, 0.25) is 5.91 Å². The van der Waals surface area contributed by atoms with Crippen LogP contribution in [0.2, 0.25) is 0 Å². The van der Waals surface area contributed by atoms with E-state index in [1.54, 1.807) is 30.3 Å². The summed E-state index contributed by atoms with van der Waals surface area (Å²) >= 11 is 0. The molecule has 0 aliphatic carbocycles. The van der Waals surface area contributed by atoms with Crippen LogP contribution in [0.1, 0.15) is 17.7 Å². The number of anilines is 1. The highest BCUT2D eigenvalue weighted by Crippen LogP contribution is 2.31. The molecule has 0 bridgehead atoms. The smallest absolute Gasteiger partial charge is 0.396 e. The summed E-state index contributed by atoms with van der Waals surface area (Å²) in [5.41, 5.74) is -0.487. The largest absolute Gasteiger partial charge is 0.435 e. The highest BCUT2D eigenvalue weighted by molar-refractivity contribution is 5.90. The second-order valence-corrected chi connectivity index (χ2v) is 4.94. The maximum absolute atomic E-state index is 12.9. The third-order valence-corrected chi connectivity index (χ3v) is 3.07. The number of carbonyl (C=O) groups is 1. The van der Waals surface area contributed by atoms with Gasteiger partial charge in [-0.2, -0.15) is 18.3 Å². The normalized spacial score (nSPS) is 11.5. The number of hydrogen-bond donors (Lipinski definition) is 2. The summed E-state index contributed by atoms with van der Waals surface area (Å²) in [5.74, 6) is -0.471. The van der Waals surface area contributed by atoms with Crippen LogP contribution in [0, 0.1) is 0 Å². The Bertz CT molecular complexity index is 654. The van der Waals surface area contributed by atoms with Gasteiger partial charge in [-0.3, -0.25) is 9.48 Å². The van der Waals surface area contributed by atoms with Crippen LogP contribution in [0.4, 0.5) is 18.9 Å². The van der Waals surface area contributed by atoms with E-state index in [1.807, 2.05) is 0 Å². The van der Waals surface area contributed by atoms with Crippen LogP contribution >= 0.6 is 0 Å². The fraction of sp³-hybridized carbons (Fsp3) is 0.333. The molecule has 124 valence electrons. The van der Waals surface area contributed by atoms with E-state index in [0.717, 1.165) is 4.68 Å². The lowest BCUT2D eigenvalue weighted by Gasteiger charge is -2.05. The molecular weight excluding hydrogens is 311 g/mol. The molecule has 0 spiro atoms. The number of aromatic nitrogens is 2. The first-order valence-corrected chi connectivity index (χ1v) is 6.99. The number of alkyl halides is 3. The maximum atomic E-state index is 12.9. The Kier molecular flexibility index (Phi) is 5.38. The Morgan fingerprint density at radius 1 is 1.26 bits per heavy atom. The Balaban J connectivity index is 2.10. The van der Waals surface area contributed by atoms with Crippen molar-refractivity contribution in [2.45, 2.75) is 25.6 Å². The van der Waals surface area contributed by atoms with Crippen LogP contribution in [-0.4, -0.2) is 27.4 Å². The molecule has 1 aromatic carbocycles. The maximum Gasteiger partial charge on any atom is 0.435 e. The van der Waals surface area contributed by atoms with Crippen molar-refractivity contribution < 1.29 is 23.1 Å². The standard InChI is InChI=1S/C15H16F3N3O2/c16-15(17,18)14-11(5-4-8-22)9-21(20-14)10-13(23)19-12-6-2-1-3-7-12/h1-3,6-7,9,22H,4-5,8,10H2,(H,19,23). The van der Waals surface area contributed by atoms with Crippen LogP contribution in [0.15, 0.2) is 36.5 Å². The average Bonchev–Trinajstić information content (AvgIpc) is 2.89. The second kappa shape index (κ2) is 7.28. The molecule has 0 atom stereocenters. The zero-order valence-electron chi connectivity index (χ0n) is 12.2. The van der Waals surface area contributed by atoms with Gasteiger partial charge in [0, 0.05) is 24.1 Å². The number of rotatable bonds is 6. The van der Waals surface area contributed by atoms with E-state index >= 15 is 0 Å². The number of aliphatic hydroxyl groups is 1. The van der Waals surface area contributed by atoms with Crippen LogP contribution in [0.3, 0.4) is 0 Å². The second-order valence-electron chi connectivity index (χ2n) is 4.94. The molecular formula is C15H16F3N3O2. The van der Waals surface area contributed by atoms with Gasteiger partial charge in [-0.25, -0.2) is 0 Å². The summed E-state index contributed by atoms with van der Waals surface area (Å²) in [7, 11) is 0. The lowest BCUT2D eigenvalue weighted by atomic mass is 10.1. The minimum absolute atomic E-state index is 0.0286. The number of aryl methyl sites for hydroxylation is 1. The number of nitrogens with one attached hydrogen (secondary N) is 1. The molecule has 8 heteroatoms. The lowest BCUT2D eigenvalue weighted by molar-refractivity contribution is -0.142. The lowest BCUT2D eigenvalue weighted by Crippen LogP contribution is -2.19.